The van der Waals surface area contributed by atoms with Gasteiger partial charge < -0.3 is 18.3 Å². The molecule has 0 aromatic heterocycles. The van der Waals surface area contributed by atoms with Crippen LogP contribution in [0.2, 0.25) is 36.3 Å². The number of esters is 1. The van der Waals surface area contributed by atoms with Crippen molar-refractivity contribution >= 4 is 22.6 Å². The monoisotopic (exact) mass is 574 g/mol. The average molecular weight is 575 g/mol. The number of hydrogen-bond donors (Lipinski definition) is 0. The summed E-state index contributed by atoms with van der Waals surface area (Å²) in [7, 11) is -3.82. The molecule has 1 rings (SSSR count). The molecule has 5 nitrogen and oxygen atoms in total. The molecule has 0 bridgehead atoms. The van der Waals surface area contributed by atoms with Gasteiger partial charge in [-0.05, 0) is 54.7 Å². The Labute approximate surface area is 241 Å². The first-order chi connectivity index (χ1) is 18.8. The Morgan fingerprint density at radius 2 is 1.51 bits per heavy atom. The molecule has 0 unspecified atom stereocenters. The van der Waals surface area contributed by atoms with Gasteiger partial charge in [-0.25, -0.2) is 0 Å². The Kier molecular flexibility index (Phi) is 17.6. The average Bonchev–Trinajstić information content (AvgIpc) is 2.98. The second-order valence-electron chi connectivity index (χ2n) is 10.4. The van der Waals surface area contributed by atoms with Gasteiger partial charge in [0.25, 0.3) is 0 Å². The zero-order valence-electron chi connectivity index (χ0n) is 25.5. The fraction of sp³-hybridized carbons (Fsp3) is 0.656. The van der Waals surface area contributed by atoms with E-state index in [1.165, 1.54) is 0 Å². The maximum Gasteiger partial charge on any atom is 0.307 e. The number of carbonyl (C=O) groups is 1. The number of terminal acetylenes is 1. The van der Waals surface area contributed by atoms with Crippen LogP contribution in [0.3, 0.4) is 0 Å². The highest BCUT2D eigenvalue weighted by atomic mass is 28.4. The van der Waals surface area contributed by atoms with Gasteiger partial charge in [0.2, 0.25) is 0 Å². The summed E-state index contributed by atoms with van der Waals surface area (Å²) in [6, 6.07) is 16.2. The van der Waals surface area contributed by atoms with Gasteiger partial charge in [-0.3, -0.25) is 4.79 Å². The molecule has 0 aliphatic rings. The molecule has 39 heavy (non-hydrogen) atoms. The summed E-state index contributed by atoms with van der Waals surface area (Å²) in [4.78, 5) is 12.5. The van der Waals surface area contributed by atoms with Crippen LogP contribution in [0, 0.1) is 18.3 Å². The van der Waals surface area contributed by atoms with Crippen LogP contribution in [0.1, 0.15) is 72.8 Å². The third-order valence-corrected chi connectivity index (χ3v) is 17.7. The predicted octanol–water partition coefficient (Wildman–Crippen LogP) is 8.48. The van der Waals surface area contributed by atoms with Crippen LogP contribution in [0.25, 0.3) is 0 Å². The van der Waals surface area contributed by atoms with Gasteiger partial charge in [0.15, 0.2) is 23.4 Å². The van der Waals surface area contributed by atoms with Crippen molar-refractivity contribution < 1.29 is 23.1 Å². The molecule has 0 amide bonds. The van der Waals surface area contributed by atoms with Crippen molar-refractivity contribution in [1.29, 1.82) is 0 Å². The first-order valence-electron chi connectivity index (χ1n) is 15.0. The van der Waals surface area contributed by atoms with E-state index in [4.69, 9.17) is 24.7 Å². The molecule has 220 valence electrons. The number of rotatable bonds is 22. The number of ether oxygens (including phenoxy) is 2. The molecular formula is C32H54O5Si2. The largest absolute Gasteiger partial charge is 0.438 e. The van der Waals surface area contributed by atoms with E-state index in [1.54, 1.807) is 0 Å². The maximum absolute atomic E-state index is 12.5. The third-order valence-electron chi connectivity index (χ3n) is 8.44. The summed E-state index contributed by atoms with van der Waals surface area (Å²) in [6.45, 7) is 18.0. The van der Waals surface area contributed by atoms with Gasteiger partial charge in [-0.1, -0.05) is 78.0 Å². The normalized spacial score (nSPS) is 14.3. The van der Waals surface area contributed by atoms with Gasteiger partial charge >= 0.3 is 5.97 Å². The number of carbonyl (C=O) groups excluding carboxylic acids is 1. The summed E-state index contributed by atoms with van der Waals surface area (Å²) >= 11 is 0. The molecule has 0 saturated heterocycles. The van der Waals surface area contributed by atoms with Crippen LogP contribution in [0.4, 0.5) is 0 Å². The molecule has 0 fully saturated rings. The zero-order chi connectivity index (χ0) is 29.2. The minimum absolute atomic E-state index is 0.0359. The quantitative estimate of drug-likeness (QED) is 0.0347. The lowest BCUT2D eigenvalue weighted by Gasteiger charge is -2.41. The van der Waals surface area contributed by atoms with E-state index < -0.39 is 16.6 Å². The van der Waals surface area contributed by atoms with Gasteiger partial charge in [0.1, 0.15) is 0 Å². The van der Waals surface area contributed by atoms with Crippen LogP contribution >= 0.6 is 0 Å². The standard InChI is InChI=1S/C32H54O5Si2/c1-9-21-31(37-39(14-6,15-7)16-8)29(30(10-2)36-38(11-3,12-4)13-5)24-20-25-32(33)35-27-34-26-28-22-18-17-19-23-28/h1,10,17-19,22-23,29-31H,2,11-16,20-21,24-27H2,3-8H3/t29-,30-,31-/m1/s1. The Morgan fingerprint density at radius 1 is 0.949 bits per heavy atom. The molecule has 7 heteroatoms. The van der Waals surface area contributed by atoms with Crippen LogP contribution in [-0.4, -0.2) is 41.6 Å². The highest BCUT2D eigenvalue weighted by Gasteiger charge is 2.40. The van der Waals surface area contributed by atoms with Gasteiger partial charge in [0, 0.05) is 18.8 Å². The summed E-state index contributed by atoms with van der Waals surface area (Å²) in [5.74, 6) is 2.66. The van der Waals surface area contributed by atoms with Crippen LogP contribution in [0.5, 0.6) is 0 Å². The molecule has 3 atom stereocenters. The van der Waals surface area contributed by atoms with Crippen molar-refractivity contribution in [3.63, 3.8) is 0 Å². The minimum Gasteiger partial charge on any atom is -0.438 e. The Bertz CT molecular complexity index is 829. The summed E-state index contributed by atoms with van der Waals surface area (Å²) in [5.41, 5.74) is 1.04. The fourth-order valence-electron chi connectivity index (χ4n) is 5.27. The predicted molar refractivity (Wildman–Crippen MR) is 167 cm³/mol. The highest BCUT2D eigenvalue weighted by Crippen LogP contribution is 2.34. The van der Waals surface area contributed by atoms with Crippen molar-refractivity contribution in [2.75, 3.05) is 6.79 Å². The molecule has 0 aliphatic carbocycles. The lowest BCUT2D eigenvalue weighted by molar-refractivity contribution is -0.157. The van der Waals surface area contributed by atoms with Crippen molar-refractivity contribution in [3.05, 3.63) is 48.6 Å². The molecule has 0 heterocycles. The summed E-state index contributed by atoms with van der Waals surface area (Å²) in [5, 5.41) is 0. The first-order valence-corrected chi connectivity index (χ1v) is 20.1. The van der Waals surface area contributed by atoms with E-state index in [0.717, 1.165) is 48.2 Å². The molecule has 0 spiro atoms. The van der Waals surface area contributed by atoms with Gasteiger partial charge in [0.05, 0.1) is 18.8 Å². The smallest absolute Gasteiger partial charge is 0.307 e. The second kappa shape index (κ2) is 19.4. The molecule has 0 radical (unpaired) electrons. The third kappa shape index (κ3) is 11.7. The van der Waals surface area contributed by atoms with E-state index in [-0.39, 0.29) is 30.9 Å². The maximum atomic E-state index is 12.5. The van der Waals surface area contributed by atoms with Crippen molar-refractivity contribution in [2.24, 2.45) is 5.92 Å². The molecule has 0 saturated carbocycles. The van der Waals surface area contributed by atoms with Crippen molar-refractivity contribution in [1.82, 2.24) is 0 Å². The summed E-state index contributed by atoms with van der Waals surface area (Å²) < 4.78 is 24.8. The highest BCUT2D eigenvalue weighted by molar-refractivity contribution is 6.74. The fourth-order valence-corrected chi connectivity index (χ4v) is 11.0. The SMILES string of the molecule is C#CC[C@@H](O[Si](CC)(CC)CC)[C@H](CCCC(=O)OCOCc1ccccc1)[C@@H](C=C)O[Si](CC)(CC)CC. The first kappa shape index (κ1) is 35.3. The van der Waals surface area contributed by atoms with Crippen LogP contribution in [0.15, 0.2) is 43.0 Å². The molecule has 1 aromatic carbocycles. The topological polar surface area (TPSA) is 54.0 Å². The van der Waals surface area contributed by atoms with Crippen LogP contribution in [-0.2, 0) is 29.7 Å². The minimum atomic E-state index is -1.92. The van der Waals surface area contributed by atoms with E-state index in [1.807, 2.05) is 36.4 Å². The molecule has 0 aliphatic heterocycles. The van der Waals surface area contributed by atoms with Gasteiger partial charge in [-0.15, -0.1) is 18.9 Å². The summed E-state index contributed by atoms with van der Waals surface area (Å²) in [6.07, 6.45) is 9.82. The zero-order valence-corrected chi connectivity index (χ0v) is 27.5. The molecular weight excluding hydrogens is 521 g/mol. The number of hydrogen-bond acceptors (Lipinski definition) is 5. The van der Waals surface area contributed by atoms with E-state index in [2.05, 4.69) is 54.0 Å². The van der Waals surface area contributed by atoms with E-state index in [9.17, 15) is 4.79 Å². The van der Waals surface area contributed by atoms with Gasteiger partial charge in [-0.2, -0.15) is 0 Å². The second-order valence-corrected chi connectivity index (χ2v) is 19.8. The van der Waals surface area contributed by atoms with Crippen LogP contribution < -0.4 is 0 Å². The van der Waals surface area contributed by atoms with E-state index >= 15 is 0 Å². The Morgan fingerprint density at radius 3 is 2.03 bits per heavy atom. The van der Waals surface area contributed by atoms with Crippen molar-refractivity contribution in [2.45, 2.75) is 122 Å². The molecule has 1 aromatic rings. The number of benzene rings is 1. The van der Waals surface area contributed by atoms with Crippen molar-refractivity contribution in [3.8, 4) is 12.3 Å². The molecule has 0 N–H and O–H groups in total. The lowest BCUT2D eigenvalue weighted by atomic mass is 9.89. The van der Waals surface area contributed by atoms with E-state index in [0.29, 0.717) is 25.9 Å². The lowest BCUT2D eigenvalue weighted by Crippen LogP contribution is -2.48. The Hall–Kier alpha value is -1.70. The Balaban J connectivity index is 2.97.